The van der Waals surface area contributed by atoms with E-state index in [2.05, 4.69) is 33.2 Å². The minimum atomic E-state index is -2.87. The summed E-state index contributed by atoms with van der Waals surface area (Å²) < 4.78 is 35.2. The molecule has 3 aromatic carbocycles. The number of ether oxygens (including phenoxy) is 2. The van der Waals surface area contributed by atoms with Crippen molar-refractivity contribution in [3.05, 3.63) is 102 Å². The van der Waals surface area contributed by atoms with Crippen molar-refractivity contribution in [1.29, 1.82) is 0 Å². The van der Waals surface area contributed by atoms with Gasteiger partial charge in [0, 0.05) is 30.8 Å². The molecule has 0 spiro atoms. The Labute approximate surface area is 212 Å². The number of nitrogens with zero attached hydrogens (tertiary/aromatic N) is 1. The van der Waals surface area contributed by atoms with Crippen LogP contribution in [-0.2, 0) is 11.3 Å². The summed E-state index contributed by atoms with van der Waals surface area (Å²) in [6.45, 7) is -2.30. The highest BCUT2D eigenvalue weighted by atomic mass is 19.3. The molecule has 6 nitrogen and oxygen atoms in total. The molecule has 1 unspecified atom stereocenters. The molecule has 37 heavy (non-hydrogen) atoms. The molecule has 0 saturated carbocycles. The van der Waals surface area contributed by atoms with Crippen LogP contribution in [0.15, 0.2) is 85.1 Å². The van der Waals surface area contributed by atoms with Gasteiger partial charge in [-0.3, -0.25) is 0 Å². The van der Waals surface area contributed by atoms with E-state index >= 15 is 0 Å². The number of rotatable bonds is 10. The average Bonchev–Trinajstić information content (AvgIpc) is 3.21. The SMILES string of the molecule is O=C(O)COc1ncccc1-c1cccc2c1C(CNCc1cccc(OC(F)F)c1)c1ccccc1-2. The van der Waals surface area contributed by atoms with E-state index in [0.717, 1.165) is 33.4 Å². The number of halogens is 2. The van der Waals surface area contributed by atoms with Crippen molar-refractivity contribution < 1.29 is 28.2 Å². The van der Waals surface area contributed by atoms with E-state index in [1.165, 1.54) is 11.6 Å². The molecule has 8 heteroatoms. The largest absolute Gasteiger partial charge is 0.479 e. The number of aliphatic carboxylic acids is 1. The van der Waals surface area contributed by atoms with Gasteiger partial charge in [0.25, 0.3) is 0 Å². The molecule has 0 amide bonds. The van der Waals surface area contributed by atoms with E-state index in [0.29, 0.717) is 13.1 Å². The number of hydrogen-bond acceptors (Lipinski definition) is 5. The van der Waals surface area contributed by atoms with Gasteiger partial charge in [0.05, 0.1) is 0 Å². The molecular formula is C29H24F2N2O4. The van der Waals surface area contributed by atoms with Gasteiger partial charge in [-0.15, -0.1) is 0 Å². The number of carboxylic acid groups (broad SMARTS) is 1. The normalized spacial score (nSPS) is 13.8. The maximum atomic E-state index is 12.6. The molecule has 0 saturated heterocycles. The zero-order chi connectivity index (χ0) is 25.8. The van der Waals surface area contributed by atoms with E-state index in [9.17, 15) is 13.6 Å². The molecule has 1 aromatic heterocycles. The molecule has 0 bridgehead atoms. The molecule has 1 heterocycles. The third kappa shape index (κ3) is 5.29. The highest BCUT2D eigenvalue weighted by molar-refractivity contribution is 5.87. The van der Waals surface area contributed by atoms with E-state index < -0.39 is 19.2 Å². The number of fused-ring (bicyclic) bond motifs is 3. The summed E-state index contributed by atoms with van der Waals surface area (Å²) in [5, 5.41) is 12.6. The minimum Gasteiger partial charge on any atom is -0.479 e. The number of pyridine rings is 1. The number of carboxylic acids is 1. The van der Waals surface area contributed by atoms with Crippen molar-refractivity contribution in [2.45, 2.75) is 19.1 Å². The maximum Gasteiger partial charge on any atom is 0.387 e. The lowest BCUT2D eigenvalue weighted by Gasteiger charge is -2.19. The highest BCUT2D eigenvalue weighted by Crippen LogP contribution is 2.49. The molecule has 188 valence electrons. The molecule has 4 aromatic rings. The fourth-order valence-electron chi connectivity index (χ4n) is 4.86. The summed E-state index contributed by atoms with van der Waals surface area (Å²) >= 11 is 0. The lowest BCUT2D eigenvalue weighted by atomic mass is 9.89. The topological polar surface area (TPSA) is 80.7 Å². The Morgan fingerprint density at radius 1 is 0.946 bits per heavy atom. The zero-order valence-electron chi connectivity index (χ0n) is 19.7. The first-order chi connectivity index (χ1) is 18.0. The zero-order valence-corrected chi connectivity index (χ0v) is 19.7. The predicted molar refractivity (Wildman–Crippen MR) is 135 cm³/mol. The van der Waals surface area contributed by atoms with Crippen molar-refractivity contribution in [3.63, 3.8) is 0 Å². The fourth-order valence-corrected chi connectivity index (χ4v) is 4.86. The van der Waals surface area contributed by atoms with Crippen molar-refractivity contribution in [2.24, 2.45) is 0 Å². The monoisotopic (exact) mass is 502 g/mol. The van der Waals surface area contributed by atoms with Gasteiger partial charge in [0.2, 0.25) is 5.88 Å². The Hall–Kier alpha value is -4.30. The van der Waals surface area contributed by atoms with Crippen LogP contribution in [0.25, 0.3) is 22.3 Å². The van der Waals surface area contributed by atoms with Crippen LogP contribution in [0.4, 0.5) is 8.78 Å². The van der Waals surface area contributed by atoms with Gasteiger partial charge in [-0.1, -0.05) is 54.6 Å². The number of nitrogens with one attached hydrogen (secondary N) is 1. The summed E-state index contributed by atoms with van der Waals surface area (Å²) in [5.74, 6) is -0.696. The highest BCUT2D eigenvalue weighted by Gasteiger charge is 2.31. The van der Waals surface area contributed by atoms with Crippen LogP contribution in [0.3, 0.4) is 0 Å². The number of alkyl halides is 2. The lowest BCUT2D eigenvalue weighted by Crippen LogP contribution is -2.21. The van der Waals surface area contributed by atoms with Crippen molar-refractivity contribution >= 4 is 5.97 Å². The summed E-state index contributed by atoms with van der Waals surface area (Å²) in [7, 11) is 0. The van der Waals surface area contributed by atoms with Crippen LogP contribution in [-0.4, -0.2) is 35.8 Å². The number of benzene rings is 3. The Kier molecular flexibility index (Phi) is 7.09. The first-order valence-electron chi connectivity index (χ1n) is 11.8. The van der Waals surface area contributed by atoms with Crippen LogP contribution in [0.5, 0.6) is 11.6 Å². The summed E-state index contributed by atoms with van der Waals surface area (Å²) in [4.78, 5) is 15.4. The molecular weight excluding hydrogens is 478 g/mol. The predicted octanol–water partition coefficient (Wildman–Crippen LogP) is 5.72. The molecule has 2 N–H and O–H groups in total. The third-order valence-corrected chi connectivity index (χ3v) is 6.28. The van der Waals surface area contributed by atoms with Gasteiger partial charge in [-0.2, -0.15) is 8.78 Å². The van der Waals surface area contributed by atoms with E-state index in [-0.39, 0.29) is 17.5 Å². The van der Waals surface area contributed by atoms with Crippen LogP contribution >= 0.6 is 0 Å². The smallest absolute Gasteiger partial charge is 0.387 e. The van der Waals surface area contributed by atoms with Crippen molar-refractivity contribution in [1.82, 2.24) is 10.3 Å². The minimum absolute atomic E-state index is 0.00423. The second kappa shape index (κ2) is 10.8. The summed E-state index contributed by atoms with van der Waals surface area (Å²) in [6, 6.07) is 24.6. The number of aromatic nitrogens is 1. The van der Waals surface area contributed by atoms with Gasteiger partial charge in [-0.25, -0.2) is 9.78 Å². The van der Waals surface area contributed by atoms with Crippen LogP contribution < -0.4 is 14.8 Å². The quantitative estimate of drug-likeness (QED) is 0.289. The van der Waals surface area contributed by atoms with Crippen LogP contribution in [0, 0.1) is 0 Å². The van der Waals surface area contributed by atoms with Crippen LogP contribution in [0.1, 0.15) is 22.6 Å². The second-order valence-electron chi connectivity index (χ2n) is 8.60. The Balaban J connectivity index is 1.46. The molecule has 1 aliphatic carbocycles. The molecule has 0 aliphatic heterocycles. The van der Waals surface area contributed by atoms with Crippen molar-refractivity contribution in [3.8, 4) is 33.9 Å². The molecule has 0 radical (unpaired) electrons. The van der Waals surface area contributed by atoms with Gasteiger partial charge in [0.15, 0.2) is 6.61 Å². The Morgan fingerprint density at radius 3 is 2.49 bits per heavy atom. The number of carbonyl (C=O) groups is 1. The van der Waals surface area contributed by atoms with Crippen LogP contribution in [0.2, 0.25) is 0 Å². The Morgan fingerprint density at radius 2 is 1.68 bits per heavy atom. The first kappa shape index (κ1) is 24.4. The molecule has 1 aliphatic rings. The molecule has 1 atom stereocenters. The average molecular weight is 503 g/mol. The first-order valence-corrected chi connectivity index (χ1v) is 11.8. The van der Waals surface area contributed by atoms with E-state index in [1.807, 2.05) is 36.4 Å². The molecule has 5 rings (SSSR count). The lowest BCUT2D eigenvalue weighted by molar-refractivity contribution is -0.139. The van der Waals surface area contributed by atoms with Gasteiger partial charge in [-0.05, 0) is 57.6 Å². The number of hydrogen-bond donors (Lipinski definition) is 2. The van der Waals surface area contributed by atoms with Crippen molar-refractivity contribution in [2.75, 3.05) is 13.2 Å². The third-order valence-electron chi connectivity index (χ3n) is 6.28. The summed E-state index contributed by atoms with van der Waals surface area (Å²) in [6.07, 6.45) is 1.57. The second-order valence-corrected chi connectivity index (χ2v) is 8.60. The van der Waals surface area contributed by atoms with E-state index in [1.54, 1.807) is 24.4 Å². The standard InChI is InChI=1S/C29H24F2N2O4/c30-29(31)37-19-7-3-6-18(14-19)15-32-16-25-21-9-2-1-8-20(21)22-10-4-11-23(27(22)25)24-12-5-13-33-28(24)36-17-26(34)35/h1-14,25,29,32H,15-17H2,(H,34,35). The maximum absolute atomic E-state index is 12.6. The summed E-state index contributed by atoms with van der Waals surface area (Å²) in [5.41, 5.74) is 6.96. The van der Waals surface area contributed by atoms with Gasteiger partial charge >= 0.3 is 12.6 Å². The molecule has 0 fully saturated rings. The van der Waals surface area contributed by atoms with Gasteiger partial charge in [0.1, 0.15) is 5.75 Å². The fraction of sp³-hybridized carbons (Fsp3) is 0.172. The van der Waals surface area contributed by atoms with E-state index in [4.69, 9.17) is 9.84 Å². The van der Waals surface area contributed by atoms with Gasteiger partial charge < -0.3 is 19.9 Å². The Bertz CT molecular complexity index is 1430.